The zero-order chi connectivity index (χ0) is 11.7. The highest BCUT2D eigenvalue weighted by Gasteiger charge is 2.10. The van der Waals surface area contributed by atoms with Crippen molar-refractivity contribution in [3.63, 3.8) is 0 Å². The molecule has 0 aromatic carbocycles. The number of nitrogens with one attached hydrogen (secondary N) is 1. The monoisotopic (exact) mass is 238 g/mol. The molecule has 0 amide bonds. The van der Waals surface area contributed by atoms with Crippen molar-refractivity contribution in [2.45, 2.75) is 33.2 Å². The largest absolute Gasteiger partial charge is 0.329 e. The summed E-state index contributed by atoms with van der Waals surface area (Å²) in [6.07, 6.45) is 1.81. The third kappa shape index (κ3) is 1.71. The Morgan fingerprint density at radius 3 is 2.88 bits per heavy atom. The lowest BCUT2D eigenvalue weighted by Crippen LogP contribution is -2.34. The van der Waals surface area contributed by atoms with E-state index in [9.17, 15) is 9.59 Å². The molecule has 0 unspecified atom stereocenters. The molecule has 5 heteroatoms. The molecule has 1 N–H and O–H groups in total. The normalized spacial score (nSPS) is 11.1. The molecule has 0 saturated heterocycles. The molecular formula is C11H14N2O2S. The molecule has 0 aliphatic rings. The Morgan fingerprint density at radius 1 is 1.44 bits per heavy atom. The van der Waals surface area contributed by atoms with E-state index < -0.39 is 0 Å². The summed E-state index contributed by atoms with van der Waals surface area (Å²) in [4.78, 5) is 27.2. The highest BCUT2D eigenvalue weighted by Crippen LogP contribution is 2.18. The van der Waals surface area contributed by atoms with E-state index in [1.165, 1.54) is 15.9 Å². The van der Waals surface area contributed by atoms with Gasteiger partial charge in [0.05, 0.1) is 5.39 Å². The minimum absolute atomic E-state index is 0.161. The first-order valence-corrected chi connectivity index (χ1v) is 6.24. The number of thiophene rings is 1. The molecule has 2 aromatic heterocycles. The second-order valence-electron chi connectivity index (χ2n) is 3.86. The van der Waals surface area contributed by atoms with E-state index >= 15 is 0 Å². The third-order valence-corrected chi connectivity index (χ3v) is 3.65. The lowest BCUT2D eigenvalue weighted by molar-refractivity contribution is 0.589. The van der Waals surface area contributed by atoms with E-state index in [2.05, 4.69) is 4.98 Å². The zero-order valence-corrected chi connectivity index (χ0v) is 10.2. The van der Waals surface area contributed by atoms with E-state index in [1.54, 1.807) is 0 Å². The number of hydrogen-bond acceptors (Lipinski definition) is 3. The van der Waals surface area contributed by atoms with Crippen molar-refractivity contribution in [3.8, 4) is 0 Å². The molecular weight excluding hydrogens is 224 g/mol. The third-order valence-electron chi connectivity index (χ3n) is 2.63. The number of rotatable bonds is 3. The fraction of sp³-hybridized carbons (Fsp3) is 0.455. The molecule has 0 aliphatic heterocycles. The number of fused-ring (bicyclic) bond motifs is 1. The van der Waals surface area contributed by atoms with Crippen molar-refractivity contribution >= 4 is 21.6 Å². The minimum atomic E-state index is -0.298. The summed E-state index contributed by atoms with van der Waals surface area (Å²) in [6, 6.07) is 0. The maximum absolute atomic E-state index is 12.1. The maximum Gasteiger partial charge on any atom is 0.329 e. The number of hydrogen-bond donors (Lipinski definition) is 1. The van der Waals surface area contributed by atoms with Gasteiger partial charge in [-0.3, -0.25) is 14.3 Å². The smallest absolute Gasteiger partial charge is 0.298 e. The molecule has 0 radical (unpaired) electrons. The van der Waals surface area contributed by atoms with Crippen molar-refractivity contribution in [1.82, 2.24) is 9.55 Å². The topological polar surface area (TPSA) is 54.9 Å². The van der Waals surface area contributed by atoms with Gasteiger partial charge in [0.1, 0.15) is 4.83 Å². The molecule has 0 saturated carbocycles. The van der Waals surface area contributed by atoms with Crippen molar-refractivity contribution in [2.24, 2.45) is 0 Å². The Morgan fingerprint density at radius 2 is 2.19 bits per heavy atom. The summed E-state index contributed by atoms with van der Waals surface area (Å²) < 4.78 is 1.30. The summed E-state index contributed by atoms with van der Waals surface area (Å²) in [5.41, 5.74) is 0.477. The Labute approximate surface area is 96.6 Å². The number of H-pyrrole nitrogens is 1. The second-order valence-corrected chi connectivity index (χ2v) is 4.74. The average Bonchev–Trinajstić information content (AvgIpc) is 2.60. The summed E-state index contributed by atoms with van der Waals surface area (Å²) in [7, 11) is 0. The van der Waals surface area contributed by atoms with E-state index in [-0.39, 0.29) is 11.2 Å². The molecule has 0 aliphatic carbocycles. The van der Waals surface area contributed by atoms with Gasteiger partial charge in [-0.05, 0) is 24.3 Å². The molecule has 4 nitrogen and oxygen atoms in total. The van der Waals surface area contributed by atoms with Gasteiger partial charge < -0.3 is 0 Å². The number of aromatic amines is 1. The molecule has 0 spiro atoms. The maximum atomic E-state index is 12.1. The molecule has 2 aromatic rings. The van der Waals surface area contributed by atoms with E-state index in [0.29, 0.717) is 16.8 Å². The second kappa shape index (κ2) is 4.25. The Balaban J connectivity index is 2.69. The van der Waals surface area contributed by atoms with Gasteiger partial charge in [0.2, 0.25) is 0 Å². The molecule has 0 bridgehead atoms. The number of unbranched alkanes of at least 4 members (excludes halogenated alkanes) is 1. The first-order chi connectivity index (χ1) is 7.65. The van der Waals surface area contributed by atoms with Crippen LogP contribution in [0.4, 0.5) is 0 Å². The van der Waals surface area contributed by atoms with Gasteiger partial charge in [0.25, 0.3) is 5.56 Å². The van der Waals surface area contributed by atoms with Crippen LogP contribution in [0.3, 0.4) is 0 Å². The molecule has 86 valence electrons. The van der Waals surface area contributed by atoms with Gasteiger partial charge >= 0.3 is 5.69 Å². The molecule has 2 rings (SSSR count). The van der Waals surface area contributed by atoms with Crippen molar-refractivity contribution < 1.29 is 0 Å². The van der Waals surface area contributed by atoms with Crippen LogP contribution in [0, 0.1) is 6.92 Å². The van der Waals surface area contributed by atoms with Gasteiger partial charge in [0, 0.05) is 6.54 Å². The number of nitrogens with zero attached hydrogens (tertiary/aromatic N) is 1. The van der Waals surface area contributed by atoms with Crippen LogP contribution in [0.5, 0.6) is 0 Å². The molecule has 16 heavy (non-hydrogen) atoms. The Bertz CT molecular complexity index is 621. The lowest BCUT2D eigenvalue weighted by Gasteiger charge is -2.03. The van der Waals surface area contributed by atoms with Crippen molar-refractivity contribution in [3.05, 3.63) is 31.8 Å². The van der Waals surface area contributed by atoms with Crippen LogP contribution in [0.25, 0.3) is 10.2 Å². The van der Waals surface area contributed by atoms with E-state index in [1.807, 2.05) is 19.2 Å². The van der Waals surface area contributed by atoms with E-state index in [0.717, 1.165) is 18.4 Å². The summed E-state index contributed by atoms with van der Waals surface area (Å²) in [5, 5.41) is 2.55. The summed E-state index contributed by atoms with van der Waals surface area (Å²) >= 11 is 1.41. The zero-order valence-electron chi connectivity index (χ0n) is 9.37. The average molecular weight is 238 g/mol. The summed E-state index contributed by atoms with van der Waals surface area (Å²) in [6.45, 7) is 4.42. The standard InChI is InChI=1S/C11H14N2O2S/c1-3-4-5-13-10(14)8-7(2)6-16-9(8)12-11(13)15/h6H,3-5H2,1-2H3,(H,12,15). The van der Waals surface area contributed by atoms with Crippen LogP contribution in [-0.4, -0.2) is 9.55 Å². The van der Waals surface area contributed by atoms with Crippen LogP contribution in [0.15, 0.2) is 15.0 Å². The SMILES string of the molecule is CCCCn1c(=O)[nH]c2scc(C)c2c1=O. The van der Waals surface area contributed by atoms with Gasteiger partial charge in [-0.15, -0.1) is 11.3 Å². The predicted molar refractivity (Wildman–Crippen MR) is 66.4 cm³/mol. The van der Waals surface area contributed by atoms with Crippen LogP contribution < -0.4 is 11.2 Å². The quantitative estimate of drug-likeness (QED) is 0.887. The molecule has 2 heterocycles. The van der Waals surface area contributed by atoms with E-state index in [4.69, 9.17) is 0 Å². The first-order valence-electron chi connectivity index (χ1n) is 5.36. The fourth-order valence-electron chi connectivity index (χ4n) is 1.71. The number of aryl methyl sites for hydroxylation is 1. The molecule has 0 fully saturated rings. The number of aromatic nitrogens is 2. The van der Waals surface area contributed by atoms with Crippen LogP contribution in [0.1, 0.15) is 25.3 Å². The van der Waals surface area contributed by atoms with Crippen molar-refractivity contribution in [1.29, 1.82) is 0 Å². The van der Waals surface area contributed by atoms with Gasteiger partial charge in [0.15, 0.2) is 0 Å². The van der Waals surface area contributed by atoms with Gasteiger partial charge in [-0.1, -0.05) is 13.3 Å². The Hall–Kier alpha value is -1.36. The Kier molecular flexibility index (Phi) is 2.96. The molecule has 0 atom stereocenters. The highest BCUT2D eigenvalue weighted by molar-refractivity contribution is 7.16. The lowest BCUT2D eigenvalue weighted by atomic mass is 10.2. The first kappa shape index (κ1) is 11.1. The predicted octanol–water partition coefficient (Wildman–Crippen LogP) is 1.86. The minimum Gasteiger partial charge on any atom is -0.298 e. The van der Waals surface area contributed by atoms with Gasteiger partial charge in [-0.2, -0.15) is 0 Å². The van der Waals surface area contributed by atoms with Crippen LogP contribution in [0.2, 0.25) is 0 Å². The van der Waals surface area contributed by atoms with Crippen LogP contribution >= 0.6 is 11.3 Å². The van der Waals surface area contributed by atoms with Gasteiger partial charge in [-0.25, -0.2) is 4.79 Å². The fourth-order valence-corrected chi connectivity index (χ4v) is 2.64. The van der Waals surface area contributed by atoms with Crippen molar-refractivity contribution in [2.75, 3.05) is 0 Å². The summed E-state index contributed by atoms with van der Waals surface area (Å²) in [5.74, 6) is 0. The van der Waals surface area contributed by atoms with Crippen LogP contribution in [-0.2, 0) is 6.54 Å². The highest BCUT2D eigenvalue weighted by atomic mass is 32.1.